The molecule has 29 heavy (non-hydrogen) atoms. The third-order valence-corrected chi connectivity index (χ3v) is 7.93. The van der Waals surface area contributed by atoms with Crippen molar-refractivity contribution in [3.63, 3.8) is 0 Å². The summed E-state index contributed by atoms with van der Waals surface area (Å²) in [5.41, 5.74) is 2.87. The fraction of sp³-hybridized carbons (Fsp3) is 0.591. The van der Waals surface area contributed by atoms with Gasteiger partial charge in [-0.2, -0.15) is 0 Å². The second-order valence-electron chi connectivity index (χ2n) is 10.3. The van der Waals surface area contributed by atoms with E-state index in [0.717, 1.165) is 40.9 Å². The van der Waals surface area contributed by atoms with Crippen molar-refractivity contribution in [2.45, 2.75) is 71.2 Å². The smallest absolute Gasteiger partial charge is 0.399 e. The van der Waals surface area contributed by atoms with Crippen LogP contribution in [0.25, 0.3) is 10.9 Å². The van der Waals surface area contributed by atoms with Gasteiger partial charge in [-0.05, 0) is 62.3 Å². The predicted octanol–water partition coefficient (Wildman–Crippen LogP) is 4.14. The SMILES string of the molecule is Cn1c(C=O)cc2cc(B3OC(C)(C)C(C)(C)O3)c(COCC[Si](C)(C)C)cc21. The molecule has 2 heterocycles. The highest BCUT2D eigenvalue weighted by Crippen LogP contribution is 2.37. The summed E-state index contributed by atoms with van der Waals surface area (Å²) in [6, 6.07) is 7.23. The number of nitrogens with zero attached hydrogens (tertiary/aromatic N) is 1. The molecule has 0 spiro atoms. The second-order valence-corrected chi connectivity index (χ2v) is 15.9. The first-order valence-electron chi connectivity index (χ1n) is 10.4. The van der Waals surface area contributed by atoms with Crippen LogP contribution in [0.1, 0.15) is 43.7 Å². The topological polar surface area (TPSA) is 49.7 Å². The van der Waals surface area contributed by atoms with E-state index >= 15 is 0 Å². The van der Waals surface area contributed by atoms with E-state index in [4.69, 9.17) is 14.0 Å². The number of fused-ring (bicyclic) bond motifs is 1. The zero-order valence-electron chi connectivity index (χ0n) is 19.1. The summed E-state index contributed by atoms with van der Waals surface area (Å²) in [5.74, 6) is 0. The number of ether oxygens (including phenoxy) is 1. The molecule has 5 nitrogen and oxygen atoms in total. The predicted molar refractivity (Wildman–Crippen MR) is 122 cm³/mol. The summed E-state index contributed by atoms with van der Waals surface area (Å²) < 4.78 is 20.6. The Morgan fingerprint density at radius 1 is 1.10 bits per heavy atom. The highest BCUT2D eigenvalue weighted by atomic mass is 28.3. The van der Waals surface area contributed by atoms with Gasteiger partial charge in [0.25, 0.3) is 0 Å². The van der Waals surface area contributed by atoms with Crippen molar-refractivity contribution in [3.8, 4) is 0 Å². The first-order valence-corrected chi connectivity index (χ1v) is 14.1. The molecule has 0 amide bonds. The van der Waals surface area contributed by atoms with E-state index in [-0.39, 0.29) is 0 Å². The molecule has 1 aliphatic heterocycles. The molecule has 158 valence electrons. The Bertz CT molecular complexity index is 898. The summed E-state index contributed by atoms with van der Waals surface area (Å²) in [7, 11) is 0.310. The molecule has 1 aromatic heterocycles. The van der Waals surface area contributed by atoms with E-state index in [1.807, 2.05) is 17.7 Å². The molecule has 1 aliphatic rings. The average molecular weight is 415 g/mol. The van der Waals surface area contributed by atoms with Crippen LogP contribution in [0, 0.1) is 0 Å². The molecule has 2 aromatic rings. The minimum Gasteiger partial charge on any atom is -0.399 e. The molecule has 0 saturated carbocycles. The number of rotatable bonds is 7. The number of aldehydes is 1. The summed E-state index contributed by atoms with van der Waals surface area (Å²) in [6.07, 6.45) is 0.887. The van der Waals surface area contributed by atoms with Gasteiger partial charge in [0.05, 0.1) is 23.5 Å². The summed E-state index contributed by atoms with van der Waals surface area (Å²) in [5, 5.41) is 1.00. The third-order valence-electron chi connectivity index (χ3n) is 6.22. The van der Waals surface area contributed by atoms with E-state index in [2.05, 4.69) is 59.5 Å². The maximum Gasteiger partial charge on any atom is 0.495 e. The minimum absolute atomic E-state index is 0.409. The van der Waals surface area contributed by atoms with Crippen LogP contribution in [0.15, 0.2) is 18.2 Å². The maximum atomic E-state index is 11.4. The van der Waals surface area contributed by atoms with E-state index in [1.165, 1.54) is 0 Å². The quantitative estimate of drug-likeness (QED) is 0.387. The molecule has 1 fully saturated rings. The average Bonchev–Trinajstić information content (AvgIpc) is 3.02. The largest absolute Gasteiger partial charge is 0.495 e. The van der Waals surface area contributed by atoms with Crippen molar-refractivity contribution in [1.82, 2.24) is 4.57 Å². The highest BCUT2D eigenvalue weighted by Gasteiger charge is 2.52. The molecule has 0 N–H and O–H groups in total. The Labute approximate surface area is 175 Å². The molecule has 0 radical (unpaired) electrons. The number of carbonyl (C=O) groups excluding carboxylic acids is 1. The van der Waals surface area contributed by atoms with Crippen LogP contribution >= 0.6 is 0 Å². The van der Waals surface area contributed by atoms with Crippen molar-refractivity contribution < 1.29 is 18.8 Å². The van der Waals surface area contributed by atoms with Gasteiger partial charge in [0.1, 0.15) is 0 Å². The number of aromatic nitrogens is 1. The van der Waals surface area contributed by atoms with Gasteiger partial charge >= 0.3 is 7.12 Å². The Hall–Kier alpha value is -1.41. The lowest BCUT2D eigenvalue weighted by Gasteiger charge is -2.32. The van der Waals surface area contributed by atoms with Crippen LogP contribution in [0.3, 0.4) is 0 Å². The third kappa shape index (κ3) is 4.53. The molecule has 7 heteroatoms. The van der Waals surface area contributed by atoms with Gasteiger partial charge in [-0.25, -0.2) is 0 Å². The minimum atomic E-state index is -1.14. The van der Waals surface area contributed by atoms with Gasteiger partial charge in [-0.15, -0.1) is 0 Å². The van der Waals surface area contributed by atoms with Crippen LogP contribution in [0.5, 0.6) is 0 Å². The van der Waals surface area contributed by atoms with Crippen molar-refractivity contribution in [2.75, 3.05) is 6.61 Å². The normalized spacial score (nSPS) is 18.6. The van der Waals surface area contributed by atoms with Gasteiger partial charge in [0.15, 0.2) is 6.29 Å². The van der Waals surface area contributed by atoms with E-state index in [1.54, 1.807) is 0 Å². The van der Waals surface area contributed by atoms with Crippen molar-refractivity contribution in [3.05, 3.63) is 29.5 Å². The fourth-order valence-electron chi connectivity index (χ4n) is 3.46. The lowest BCUT2D eigenvalue weighted by atomic mass is 9.75. The lowest BCUT2D eigenvalue weighted by molar-refractivity contribution is 0.00578. The molecule has 0 unspecified atom stereocenters. The Kier molecular flexibility index (Phi) is 5.91. The second kappa shape index (κ2) is 7.69. The van der Waals surface area contributed by atoms with Crippen LogP contribution in [0.4, 0.5) is 0 Å². The first kappa shape index (κ1) is 22.3. The van der Waals surface area contributed by atoms with Crippen molar-refractivity contribution >= 4 is 37.8 Å². The van der Waals surface area contributed by atoms with Crippen LogP contribution in [-0.2, 0) is 27.7 Å². The molecule has 3 rings (SSSR count). The number of benzene rings is 1. The van der Waals surface area contributed by atoms with E-state index in [0.29, 0.717) is 12.3 Å². The zero-order chi connectivity index (χ0) is 21.6. The summed E-state index contributed by atoms with van der Waals surface area (Å²) in [6.45, 7) is 16.5. The van der Waals surface area contributed by atoms with Crippen LogP contribution in [-0.4, -0.2) is 43.9 Å². The van der Waals surface area contributed by atoms with Crippen molar-refractivity contribution in [2.24, 2.45) is 7.05 Å². The molecule has 1 saturated heterocycles. The highest BCUT2D eigenvalue weighted by molar-refractivity contribution is 6.76. The monoisotopic (exact) mass is 415 g/mol. The Morgan fingerprint density at radius 2 is 1.72 bits per heavy atom. The molecule has 0 aliphatic carbocycles. The Morgan fingerprint density at radius 3 is 2.28 bits per heavy atom. The molecule has 1 aromatic carbocycles. The number of carbonyl (C=O) groups is 1. The molecular formula is C22H34BNO4Si. The standard InChI is InChI=1S/C22H34BNO4Si/c1-21(2)22(3,4)28-23(27-21)19-12-16-11-18(14-25)24(5)20(16)13-17(19)15-26-9-10-29(6,7)8/h11-14H,9-10,15H2,1-8H3. The summed E-state index contributed by atoms with van der Waals surface area (Å²) >= 11 is 0. The van der Waals surface area contributed by atoms with E-state index in [9.17, 15) is 4.79 Å². The van der Waals surface area contributed by atoms with Crippen LogP contribution in [0.2, 0.25) is 25.7 Å². The lowest BCUT2D eigenvalue weighted by Crippen LogP contribution is -2.41. The Balaban J connectivity index is 1.96. The van der Waals surface area contributed by atoms with E-state index < -0.39 is 26.4 Å². The maximum absolute atomic E-state index is 11.4. The molecule has 0 bridgehead atoms. The molecule has 0 atom stereocenters. The summed E-state index contributed by atoms with van der Waals surface area (Å²) in [4.78, 5) is 11.4. The van der Waals surface area contributed by atoms with Gasteiger partial charge in [-0.1, -0.05) is 25.7 Å². The molecular weight excluding hydrogens is 381 g/mol. The van der Waals surface area contributed by atoms with Gasteiger partial charge < -0.3 is 18.6 Å². The number of aryl methyl sites for hydroxylation is 1. The van der Waals surface area contributed by atoms with Gasteiger partial charge in [-0.3, -0.25) is 4.79 Å². The fourth-order valence-corrected chi connectivity index (χ4v) is 4.21. The van der Waals surface area contributed by atoms with Gasteiger partial charge in [0.2, 0.25) is 0 Å². The zero-order valence-corrected chi connectivity index (χ0v) is 20.1. The van der Waals surface area contributed by atoms with Crippen LogP contribution < -0.4 is 5.46 Å². The van der Waals surface area contributed by atoms with Crippen molar-refractivity contribution in [1.29, 1.82) is 0 Å². The van der Waals surface area contributed by atoms with Gasteiger partial charge in [0, 0.05) is 27.2 Å². The first-order chi connectivity index (χ1) is 13.3. The number of hydrogen-bond donors (Lipinski definition) is 0. The number of hydrogen-bond acceptors (Lipinski definition) is 4.